The van der Waals surface area contributed by atoms with Gasteiger partial charge in [-0.05, 0) is 37.1 Å². The monoisotopic (exact) mass is 440 g/mol. The zero-order chi connectivity index (χ0) is 23.3. The Hall–Kier alpha value is -3.16. The van der Waals surface area contributed by atoms with Gasteiger partial charge in [0.05, 0.1) is 0 Å². The molecule has 1 saturated heterocycles. The van der Waals surface area contributed by atoms with E-state index in [2.05, 4.69) is 42.3 Å². The second-order valence-electron chi connectivity index (χ2n) is 8.00. The summed E-state index contributed by atoms with van der Waals surface area (Å²) in [5.74, 6) is -0.00101. The van der Waals surface area contributed by atoms with Gasteiger partial charge in [-0.2, -0.15) is 0 Å². The summed E-state index contributed by atoms with van der Waals surface area (Å²) in [6, 6.07) is 19.1. The minimum absolute atomic E-state index is 0.558. The fourth-order valence-corrected chi connectivity index (χ4v) is 3.47. The number of para-hydroxylation sites is 2. The van der Waals surface area contributed by atoms with Crippen LogP contribution < -0.4 is 10.1 Å². The Morgan fingerprint density at radius 3 is 2.25 bits per heavy atom. The molecular formula is C25H32N2O5. The first-order chi connectivity index (χ1) is 15.3. The maximum atomic E-state index is 9.55. The van der Waals surface area contributed by atoms with E-state index >= 15 is 0 Å². The van der Waals surface area contributed by atoms with Crippen LogP contribution in [0.4, 0.5) is 0 Å². The minimum atomic E-state index is -1.26. The first-order valence-electron chi connectivity index (χ1n) is 10.7. The van der Waals surface area contributed by atoms with E-state index in [9.17, 15) is 9.59 Å². The van der Waals surface area contributed by atoms with Gasteiger partial charge in [0.1, 0.15) is 11.5 Å². The number of ether oxygens (including phenoxy) is 1. The van der Waals surface area contributed by atoms with Crippen LogP contribution in [0.25, 0.3) is 0 Å². The van der Waals surface area contributed by atoms with E-state index in [0.717, 1.165) is 37.7 Å². The molecule has 0 spiro atoms. The van der Waals surface area contributed by atoms with Crippen LogP contribution in [0.2, 0.25) is 0 Å². The van der Waals surface area contributed by atoms with Crippen molar-refractivity contribution in [2.75, 3.05) is 19.6 Å². The summed E-state index contributed by atoms with van der Waals surface area (Å²) in [7, 11) is 0. The summed E-state index contributed by atoms with van der Waals surface area (Å²) in [5, 5.41) is 19.1. The highest BCUT2D eigenvalue weighted by molar-refractivity contribution is 5.89. The number of nitrogens with zero attached hydrogens (tertiary/aromatic N) is 1. The lowest BCUT2D eigenvalue weighted by molar-refractivity contribution is -0.134. The van der Waals surface area contributed by atoms with Gasteiger partial charge in [-0.3, -0.25) is 4.90 Å². The summed E-state index contributed by atoms with van der Waals surface area (Å²) in [6.45, 7) is 8.86. The van der Waals surface area contributed by atoms with E-state index in [1.165, 1.54) is 12.0 Å². The van der Waals surface area contributed by atoms with E-state index in [1.54, 1.807) is 0 Å². The Morgan fingerprint density at radius 2 is 1.69 bits per heavy atom. The number of rotatable bonds is 9. The molecule has 1 aliphatic rings. The van der Waals surface area contributed by atoms with Gasteiger partial charge in [0.2, 0.25) is 0 Å². The van der Waals surface area contributed by atoms with Crippen molar-refractivity contribution in [3.05, 3.63) is 72.3 Å². The highest BCUT2D eigenvalue weighted by Gasteiger charge is 2.23. The number of hydrogen-bond donors (Lipinski definition) is 3. The third kappa shape index (κ3) is 9.32. The molecule has 1 fully saturated rings. The average Bonchev–Trinajstić information content (AvgIpc) is 3.29. The Kier molecular flexibility index (Phi) is 10.4. The van der Waals surface area contributed by atoms with Gasteiger partial charge in [-0.15, -0.1) is 0 Å². The van der Waals surface area contributed by atoms with Gasteiger partial charge < -0.3 is 20.3 Å². The molecule has 3 N–H and O–H groups in total. The standard InChI is InChI=1S/C21H28N2O.C4H4O4/c1-17(2)15-23(19-12-13-22-14-19)16-18-8-6-7-11-21(18)24-20-9-4-3-5-10-20;5-3(6)1-2-4(7)8/h3-11,17,19,22H,12-16H2,1-2H3;1-2H,(H,5,6)(H,7,8)/b;2-1+/t19-;/m0./s1. The van der Waals surface area contributed by atoms with Gasteiger partial charge in [0, 0.05) is 43.4 Å². The van der Waals surface area contributed by atoms with Crippen LogP contribution in [0.5, 0.6) is 11.5 Å². The summed E-state index contributed by atoms with van der Waals surface area (Å²) in [6.07, 6.45) is 2.35. The van der Waals surface area contributed by atoms with Gasteiger partial charge in [0.15, 0.2) is 0 Å². The van der Waals surface area contributed by atoms with E-state index in [0.29, 0.717) is 24.1 Å². The van der Waals surface area contributed by atoms with Crippen LogP contribution >= 0.6 is 0 Å². The second kappa shape index (κ2) is 13.3. The van der Waals surface area contributed by atoms with Crippen LogP contribution in [0.15, 0.2) is 66.7 Å². The van der Waals surface area contributed by atoms with Gasteiger partial charge >= 0.3 is 11.9 Å². The number of nitrogens with one attached hydrogen (secondary N) is 1. The van der Waals surface area contributed by atoms with Gasteiger partial charge in [-0.1, -0.05) is 50.2 Å². The molecular weight excluding hydrogens is 408 g/mol. The first-order valence-corrected chi connectivity index (χ1v) is 10.7. The van der Waals surface area contributed by atoms with E-state index < -0.39 is 11.9 Å². The number of carbonyl (C=O) groups is 2. The molecule has 1 heterocycles. The fourth-order valence-electron chi connectivity index (χ4n) is 3.47. The van der Waals surface area contributed by atoms with Crippen molar-refractivity contribution in [3.63, 3.8) is 0 Å². The number of carboxylic acids is 2. The normalized spacial score (nSPS) is 15.6. The van der Waals surface area contributed by atoms with Crippen molar-refractivity contribution in [1.29, 1.82) is 0 Å². The molecule has 0 aliphatic carbocycles. The molecule has 2 aromatic rings. The smallest absolute Gasteiger partial charge is 0.328 e. The molecule has 7 nitrogen and oxygen atoms in total. The maximum absolute atomic E-state index is 9.55. The van der Waals surface area contributed by atoms with Crippen LogP contribution in [0.1, 0.15) is 25.8 Å². The van der Waals surface area contributed by atoms with Gasteiger partial charge in [0.25, 0.3) is 0 Å². The van der Waals surface area contributed by atoms with Crippen LogP contribution in [0.3, 0.4) is 0 Å². The Morgan fingerprint density at radius 1 is 1.06 bits per heavy atom. The third-order valence-electron chi connectivity index (χ3n) is 4.84. The molecule has 7 heteroatoms. The molecule has 0 amide bonds. The van der Waals surface area contributed by atoms with Gasteiger partial charge in [-0.25, -0.2) is 9.59 Å². The minimum Gasteiger partial charge on any atom is -0.478 e. The van der Waals surface area contributed by atoms with E-state index in [-0.39, 0.29) is 0 Å². The van der Waals surface area contributed by atoms with Crippen molar-refractivity contribution in [2.45, 2.75) is 32.9 Å². The number of carboxylic acid groups (broad SMARTS) is 2. The van der Waals surface area contributed by atoms with Crippen molar-refractivity contribution >= 4 is 11.9 Å². The Bertz CT molecular complexity index is 861. The SMILES string of the molecule is CC(C)CN(Cc1ccccc1Oc1ccccc1)[C@H]1CCNC1.O=C(O)/C=C/C(=O)O. The lowest BCUT2D eigenvalue weighted by atomic mass is 10.1. The quantitative estimate of drug-likeness (QED) is 0.507. The topological polar surface area (TPSA) is 99.1 Å². The molecule has 0 bridgehead atoms. The molecule has 3 rings (SSSR count). The summed E-state index contributed by atoms with van der Waals surface area (Å²) < 4.78 is 6.14. The zero-order valence-corrected chi connectivity index (χ0v) is 18.6. The van der Waals surface area contributed by atoms with Crippen LogP contribution in [-0.2, 0) is 16.1 Å². The predicted molar refractivity (Wildman–Crippen MR) is 124 cm³/mol. The molecule has 1 atom stereocenters. The Balaban J connectivity index is 0.000000390. The maximum Gasteiger partial charge on any atom is 0.328 e. The average molecular weight is 441 g/mol. The number of aliphatic carboxylic acids is 2. The van der Waals surface area contributed by atoms with Crippen molar-refractivity contribution in [2.24, 2.45) is 5.92 Å². The number of benzene rings is 2. The molecule has 0 unspecified atom stereocenters. The Labute approximate surface area is 189 Å². The number of hydrogen-bond acceptors (Lipinski definition) is 5. The summed E-state index contributed by atoms with van der Waals surface area (Å²) >= 11 is 0. The van der Waals surface area contributed by atoms with E-state index in [1.807, 2.05) is 36.4 Å². The molecule has 0 aromatic heterocycles. The summed E-state index contributed by atoms with van der Waals surface area (Å²) in [4.78, 5) is 21.7. The van der Waals surface area contributed by atoms with Crippen molar-refractivity contribution in [1.82, 2.24) is 10.2 Å². The molecule has 1 aliphatic heterocycles. The zero-order valence-electron chi connectivity index (χ0n) is 18.6. The predicted octanol–water partition coefficient (Wildman–Crippen LogP) is 4.01. The lowest BCUT2D eigenvalue weighted by Crippen LogP contribution is -2.38. The van der Waals surface area contributed by atoms with Crippen LogP contribution in [0, 0.1) is 5.92 Å². The molecule has 172 valence electrons. The van der Waals surface area contributed by atoms with E-state index in [4.69, 9.17) is 14.9 Å². The molecule has 0 radical (unpaired) electrons. The second-order valence-corrected chi connectivity index (χ2v) is 8.00. The largest absolute Gasteiger partial charge is 0.478 e. The van der Waals surface area contributed by atoms with Crippen molar-refractivity contribution in [3.8, 4) is 11.5 Å². The highest BCUT2D eigenvalue weighted by Crippen LogP contribution is 2.27. The summed E-state index contributed by atoms with van der Waals surface area (Å²) in [5.41, 5.74) is 1.26. The fraction of sp³-hybridized carbons (Fsp3) is 0.360. The first kappa shape index (κ1) is 25.1. The lowest BCUT2D eigenvalue weighted by Gasteiger charge is -2.30. The molecule has 2 aromatic carbocycles. The molecule has 32 heavy (non-hydrogen) atoms. The van der Waals surface area contributed by atoms with Crippen molar-refractivity contribution < 1.29 is 24.5 Å². The third-order valence-corrected chi connectivity index (χ3v) is 4.84. The van der Waals surface area contributed by atoms with Crippen LogP contribution in [-0.4, -0.2) is 52.7 Å². The highest BCUT2D eigenvalue weighted by atomic mass is 16.5. The molecule has 0 saturated carbocycles.